The number of halogens is 1. The molecular weight excluding hydrogens is 497 g/mol. The van der Waals surface area contributed by atoms with E-state index in [1.54, 1.807) is 6.33 Å². The van der Waals surface area contributed by atoms with Crippen LogP contribution in [0, 0.1) is 6.92 Å². The lowest BCUT2D eigenvalue weighted by molar-refractivity contribution is -0.127. The minimum Gasteiger partial charge on any atom is -0.457 e. The van der Waals surface area contributed by atoms with Crippen molar-refractivity contribution in [2.45, 2.75) is 6.92 Å². The Bertz CT molecular complexity index is 1810. The van der Waals surface area contributed by atoms with Gasteiger partial charge in [0.1, 0.15) is 23.3 Å². The monoisotopic (exact) mass is 521 g/mol. The molecule has 0 unspecified atom stereocenters. The first-order chi connectivity index (χ1) is 18.9. The highest BCUT2D eigenvalue weighted by atomic mass is 19.1. The lowest BCUT2D eigenvalue weighted by Crippen LogP contribution is -2.28. The van der Waals surface area contributed by atoms with Crippen LogP contribution in [0.5, 0.6) is 11.5 Å². The molecule has 3 aromatic heterocycles. The maximum Gasteiger partial charge on any atom is 0.282 e. The summed E-state index contributed by atoms with van der Waals surface area (Å²) in [5.74, 6) is 0.289. The van der Waals surface area contributed by atoms with Gasteiger partial charge in [-0.05, 0) is 60.5 Å². The highest BCUT2D eigenvalue weighted by Crippen LogP contribution is 2.31. The molecule has 10 heteroatoms. The number of ether oxygens (including phenoxy) is 1. The molecule has 0 radical (unpaired) electrons. The van der Waals surface area contributed by atoms with Crippen LogP contribution in [0.25, 0.3) is 27.6 Å². The third kappa shape index (κ3) is 4.68. The molecule has 0 aliphatic carbocycles. The van der Waals surface area contributed by atoms with E-state index in [0.717, 1.165) is 33.6 Å². The summed E-state index contributed by atoms with van der Waals surface area (Å²) in [4.78, 5) is 31.3. The quantitative estimate of drug-likeness (QED) is 0.296. The Labute approximate surface area is 223 Å². The summed E-state index contributed by atoms with van der Waals surface area (Å²) in [5.41, 5.74) is 6.39. The zero-order valence-electron chi connectivity index (χ0n) is 21.3. The first-order valence-corrected chi connectivity index (χ1v) is 12.3. The predicted octanol–water partition coefficient (Wildman–Crippen LogP) is 5.46. The number of fused-ring (bicyclic) bond motifs is 2. The number of rotatable bonds is 6. The molecule has 1 amide bonds. The fourth-order valence-electron chi connectivity index (χ4n) is 4.56. The van der Waals surface area contributed by atoms with Gasteiger partial charge in [-0.1, -0.05) is 12.7 Å². The number of amides is 1. The van der Waals surface area contributed by atoms with E-state index in [0.29, 0.717) is 34.8 Å². The summed E-state index contributed by atoms with van der Waals surface area (Å²) in [6.45, 7) is 5.63. The summed E-state index contributed by atoms with van der Waals surface area (Å²) in [6, 6.07) is 15.3. The summed E-state index contributed by atoms with van der Waals surface area (Å²) in [7, 11) is 1.96. The van der Waals surface area contributed by atoms with E-state index < -0.39 is 11.7 Å². The minimum absolute atomic E-state index is 0.255. The van der Waals surface area contributed by atoms with E-state index in [2.05, 4.69) is 26.8 Å². The van der Waals surface area contributed by atoms with Crippen LogP contribution in [0.2, 0.25) is 0 Å². The second-order valence-corrected chi connectivity index (χ2v) is 9.32. The number of carbonyl (C=O) groups excluding carboxylic acids is 1. The summed E-state index contributed by atoms with van der Waals surface area (Å²) < 4.78 is 21.4. The molecule has 0 saturated carbocycles. The van der Waals surface area contributed by atoms with E-state index in [4.69, 9.17) is 9.72 Å². The van der Waals surface area contributed by atoms with Gasteiger partial charge in [0.25, 0.3) is 5.91 Å². The first kappa shape index (κ1) is 24.2. The van der Waals surface area contributed by atoms with Crippen LogP contribution < -0.4 is 10.1 Å². The molecular formula is C29H24FN7O2. The van der Waals surface area contributed by atoms with Crippen molar-refractivity contribution in [3.8, 4) is 11.5 Å². The number of nitrogens with zero attached hydrogens (tertiary/aromatic N) is 6. The lowest BCUT2D eigenvalue weighted by atomic mass is 10.1. The average Bonchev–Trinajstić information content (AvgIpc) is 3.57. The first-order valence-electron chi connectivity index (χ1n) is 12.3. The molecule has 1 aliphatic rings. The number of imidazole rings is 1. The standard InChI is InChI=1S/C29H24FN7O2/c1-17-12-20(4-9-26(17)39-21-5-8-25-24(13-21)33-16-36(25)3)34-28-27-23(31-15-32-28)7-6-22(35-27)19-10-11-37(14-19)29(38)18(2)30/h4-10,12-13,15-16H,2,11,14H2,1,3H3,(H,31,32,34). The number of carbonyl (C=O) groups is 1. The van der Waals surface area contributed by atoms with E-state index in [-0.39, 0.29) is 6.54 Å². The zero-order valence-corrected chi connectivity index (χ0v) is 21.3. The van der Waals surface area contributed by atoms with Gasteiger partial charge < -0.3 is 19.5 Å². The smallest absolute Gasteiger partial charge is 0.282 e. The van der Waals surface area contributed by atoms with Crippen LogP contribution >= 0.6 is 0 Å². The summed E-state index contributed by atoms with van der Waals surface area (Å²) >= 11 is 0. The maximum absolute atomic E-state index is 13.3. The molecule has 0 saturated heterocycles. The van der Waals surface area contributed by atoms with Gasteiger partial charge in [0.2, 0.25) is 0 Å². The molecule has 0 bridgehead atoms. The molecule has 194 valence electrons. The van der Waals surface area contributed by atoms with Crippen molar-refractivity contribution in [1.82, 2.24) is 29.4 Å². The SMILES string of the molecule is C=C(F)C(=O)N1CC=C(c2ccc3ncnc(Nc4ccc(Oc5ccc6c(c5)ncn6C)c(C)c4)c3n2)C1. The average molecular weight is 522 g/mol. The van der Waals surface area contributed by atoms with Gasteiger partial charge in [-0.2, -0.15) is 0 Å². The Morgan fingerprint density at radius 1 is 1.08 bits per heavy atom. The second kappa shape index (κ2) is 9.64. The van der Waals surface area contributed by atoms with Crippen LogP contribution in [0.3, 0.4) is 0 Å². The van der Waals surface area contributed by atoms with Crippen molar-refractivity contribution < 1.29 is 13.9 Å². The van der Waals surface area contributed by atoms with Gasteiger partial charge >= 0.3 is 0 Å². The van der Waals surface area contributed by atoms with E-state index in [1.165, 1.54) is 11.2 Å². The van der Waals surface area contributed by atoms with Crippen LogP contribution in [0.4, 0.5) is 15.9 Å². The Balaban J connectivity index is 1.23. The molecule has 0 spiro atoms. The number of aromatic nitrogens is 5. The number of hydrogen-bond acceptors (Lipinski definition) is 7. The molecule has 2 aromatic carbocycles. The third-order valence-electron chi connectivity index (χ3n) is 6.61. The highest BCUT2D eigenvalue weighted by molar-refractivity contribution is 5.93. The van der Waals surface area contributed by atoms with Crippen LogP contribution in [-0.4, -0.2) is 48.4 Å². The molecule has 9 nitrogen and oxygen atoms in total. The Morgan fingerprint density at radius 2 is 1.95 bits per heavy atom. The molecule has 6 rings (SSSR count). The van der Waals surface area contributed by atoms with Crippen molar-refractivity contribution >= 4 is 45.1 Å². The minimum atomic E-state index is -0.975. The van der Waals surface area contributed by atoms with Crippen molar-refractivity contribution in [1.29, 1.82) is 0 Å². The number of pyridine rings is 1. The molecule has 0 fully saturated rings. The lowest BCUT2D eigenvalue weighted by Gasteiger charge is -2.15. The van der Waals surface area contributed by atoms with Crippen LogP contribution in [0.1, 0.15) is 11.3 Å². The van der Waals surface area contributed by atoms with E-state index in [9.17, 15) is 9.18 Å². The van der Waals surface area contributed by atoms with Crippen molar-refractivity contribution in [3.05, 3.63) is 90.9 Å². The summed E-state index contributed by atoms with van der Waals surface area (Å²) in [5, 5.41) is 3.34. The fraction of sp³-hybridized carbons (Fsp3) is 0.138. The Kier molecular flexibility index (Phi) is 5.99. The van der Waals surface area contributed by atoms with E-state index >= 15 is 0 Å². The summed E-state index contributed by atoms with van der Waals surface area (Å²) in [6.07, 6.45) is 5.12. The molecule has 0 atom stereocenters. The highest BCUT2D eigenvalue weighted by Gasteiger charge is 2.23. The van der Waals surface area contributed by atoms with Crippen LogP contribution in [0.15, 0.2) is 79.7 Å². The predicted molar refractivity (Wildman–Crippen MR) is 147 cm³/mol. The molecule has 1 aliphatic heterocycles. The van der Waals surface area contributed by atoms with Crippen molar-refractivity contribution in [3.63, 3.8) is 0 Å². The van der Waals surface area contributed by atoms with Gasteiger partial charge in [0, 0.05) is 31.9 Å². The second-order valence-electron chi connectivity index (χ2n) is 9.32. The number of anilines is 2. The van der Waals surface area contributed by atoms with Crippen molar-refractivity contribution in [2.75, 3.05) is 18.4 Å². The molecule has 39 heavy (non-hydrogen) atoms. The van der Waals surface area contributed by atoms with E-state index in [1.807, 2.05) is 73.1 Å². The zero-order chi connectivity index (χ0) is 27.1. The van der Waals surface area contributed by atoms with Crippen molar-refractivity contribution in [2.24, 2.45) is 7.05 Å². The van der Waals surface area contributed by atoms with Gasteiger partial charge in [-0.15, -0.1) is 0 Å². The van der Waals surface area contributed by atoms with Gasteiger partial charge in [0.15, 0.2) is 11.6 Å². The fourth-order valence-corrected chi connectivity index (χ4v) is 4.56. The number of nitrogens with one attached hydrogen (secondary N) is 1. The van der Waals surface area contributed by atoms with Crippen LogP contribution in [-0.2, 0) is 11.8 Å². The molecule has 1 N–H and O–H groups in total. The molecule has 4 heterocycles. The number of benzene rings is 2. The van der Waals surface area contributed by atoms with Gasteiger partial charge in [0.05, 0.1) is 28.6 Å². The third-order valence-corrected chi connectivity index (χ3v) is 6.61. The van der Waals surface area contributed by atoms with Gasteiger partial charge in [-0.25, -0.2) is 24.3 Å². The van der Waals surface area contributed by atoms with Gasteiger partial charge in [-0.3, -0.25) is 4.79 Å². The Hall–Kier alpha value is -5.12. The maximum atomic E-state index is 13.3. The normalized spacial score (nSPS) is 13.1. The number of hydrogen-bond donors (Lipinski definition) is 1. The number of aryl methyl sites for hydroxylation is 2. The Morgan fingerprint density at radius 3 is 2.77 bits per heavy atom. The largest absolute Gasteiger partial charge is 0.457 e. The molecule has 5 aromatic rings. The topological polar surface area (TPSA) is 98.1 Å².